The minimum Gasteiger partial charge on any atom is -0.480 e. The Hall–Kier alpha value is -1.59. The van der Waals surface area contributed by atoms with Crippen LogP contribution in [0.4, 0.5) is 0 Å². The van der Waals surface area contributed by atoms with Crippen molar-refractivity contribution < 1.29 is 19.5 Å². The maximum Gasteiger partial charge on any atom is 0.322 e. The molecule has 6 heteroatoms. The van der Waals surface area contributed by atoms with Gasteiger partial charge in [0.2, 0.25) is 11.8 Å². The number of carboxylic acid groups (broad SMARTS) is 1. The average Bonchev–Trinajstić information content (AvgIpc) is 2.38. The third kappa shape index (κ3) is 20.5. The second-order valence-electron chi connectivity index (χ2n) is 2.30. The van der Waals surface area contributed by atoms with Gasteiger partial charge >= 0.3 is 5.97 Å². The lowest BCUT2D eigenvalue weighted by molar-refractivity contribution is -0.137. The van der Waals surface area contributed by atoms with Gasteiger partial charge in [0.1, 0.15) is 6.54 Å². The van der Waals surface area contributed by atoms with Crippen LogP contribution in [0.5, 0.6) is 0 Å². The van der Waals surface area contributed by atoms with Crippen LogP contribution in [0, 0.1) is 0 Å². The molecule has 0 aliphatic heterocycles. The molecule has 0 aliphatic carbocycles. The number of amides is 2. The Balaban J connectivity index is -0.000000439. The molecule has 0 bridgehead atoms. The molecule has 102 valence electrons. The third-order valence-corrected chi connectivity index (χ3v) is 1.20. The molecule has 0 aromatic heterocycles. The van der Waals surface area contributed by atoms with E-state index in [9.17, 15) is 14.4 Å². The second kappa shape index (κ2) is 16.8. The number of carbonyl (C=O) groups is 3. The summed E-state index contributed by atoms with van der Waals surface area (Å²) in [5.41, 5.74) is 0. The molecule has 0 aromatic rings. The van der Waals surface area contributed by atoms with Gasteiger partial charge < -0.3 is 15.7 Å². The van der Waals surface area contributed by atoms with E-state index in [0.29, 0.717) is 6.42 Å². The van der Waals surface area contributed by atoms with Crippen molar-refractivity contribution in [2.45, 2.75) is 41.0 Å². The van der Waals surface area contributed by atoms with Gasteiger partial charge in [-0.25, -0.2) is 0 Å². The first kappa shape index (κ1) is 20.8. The minimum absolute atomic E-state index is 0.181. The van der Waals surface area contributed by atoms with Crippen LogP contribution in [0.2, 0.25) is 0 Å². The summed E-state index contributed by atoms with van der Waals surface area (Å²) in [6.45, 7) is 9.05. The lowest BCUT2D eigenvalue weighted by Gasteiger charge is -2.03. The van der Waals surface area contributed by atoms with Gasteiger partial charge in [0, 0.05) is 6.42 Å². The van der Waals surface area contributed by atoms with Crippen LogP contribution in [-0.2, 0) is 14.4 Å². The maximum absolute atomic E-state index is 10.8. The molecule has 2 amide bonds. The van der Waals surface area contributed by atoms with E-state index in [-0.39, 0.29) is 12.5 Å². The van der Waals surface area contributed by atoms with Gasteiger partial charge in [-0.05, 0) is 0 Å². The topological polar surface area (TPSA) is 95.5 Å². The van der Waals surface area contributed by atoms with Gasteiger partial charge in [-0.1, -0.05) is 34.6 Å². The number of aliphatic carboxylic acids is 1. The number of carboxylic acids is 1. The zero-order chi connectivity index (χ0) is 14.3. The fourth-order valence-electron chi connectivity index (χ4n) is 0.541. The molecule has 0 heterocycles. The van der Waals surface area contributed by atoms with Crippen LogP contribution in [0.25, 0.3) is 0 Å². The molecule has 0 unspecified atom stereocenters. The Morgan fingerprint density at radius 3 is 1.65 bits per heavy atom. The first-order valence-corrected chi connectivity index (χ1v) is 5.81. The summed E-state index contributed by atoms with van der Waals surface area (Å²) in [4.78, 5) is 31.4. The zero-order valence-electron chi connectivity index (χ0n) is 11.3. The van der Waals surface area contributed by atoms with Gasteiger partial charge in [-0.2, -0.15) is 0 Å². The highest BCUT2D eigenvalue weighted by Gasteiger charge is 2.04. The molecule has 0 spiro atoms. The quantitative estimate of drug-likeness (QED) is 0.669. The normalized spacial score (nSPS) is 7.59. The zero-order valence-corrected chi connectivity index (χ0v) is 11.3. The van der Waals surface area contributed by atoms with Crippen LogP contribution < -0.4 is 10.6 Å². The van der Waals surface area contributed by atoms with Crippen molar-refractivity contribution in [1.82, 2.24) is 10.6 Å². The molecule has 0 saturated carbocycles. The highest BCUT2D eigenvalue weighted by molar-refractivity contribution is 5.86. The second-order valence-corrected chi connectivity index (χ2v) is 2.30. The fourth-order valence-corrected chi connectivity index (χ4v) is 0.541. The lowest BCUT2D eigenvalue weighted by Crippen LogP contribution is -2.38. The molecule has 0 aromatic carbocycles. The SMILES string of the molecule is CC.CC.CCC(=O)NCC(=O)NCC(=O)O. The van der Waals surface area contributed by atoms with Crippen molar-refractivity contribution in [3.8, 4) is 0 Å². The summed E-state index contributed by atoms with van der Waals surface area (Å²) in [6, 6.07) is 0. The molecular formula is C11H24N2O4. The molecule has 6 nitrogen and oxygen atoms in total. The first-order valence-electron chi connectivity index (χ1n) is 5.81. The van der Waals surface area contributed by atoms with Crippen LogP contribution in [0.15, 0.2) is 0 Å². The van der Waals surface area contributed by atoms with Crippen LogP contribution in [0.3, 0.4) is 0 Å². The van der Waals surface area contributed by atoms with Crippen LogP contribution >= 0.6 is 0 Å². The van der Waals surface area contributed by atoms with Gasteiger partial charge in [-0.3, -0.25) is 14.4 Å². The van der Waals surface area contributed by atoms with Gasteiger partial charge in [0.05, 0.1) is 6.54 Å². The standard InChI is InChI=1S/C7H12N2O4.2C2H6/c1-2-5(10)8-3-6(11)9-4-7(12)13;2*1-2/h2-4H2,1H3,(H,8,10)(H,9,11)(H,12,13);2*1-2H3. The highest BCUT2D eigenvalue weighted by Crippen LogP contribution is 1.73. The van der Waals surface area contributed by atoms with E-state index in [2.05, 4.69) is 10.6 Å². The Morgan fingerprint density at radius 2 is 1.29 bits per heavy atom. The van der Waals surface area contributed by atoms with E-state index in [0.717, 1.165) is 0 Å². The Kier molecular flexibility index (Phi) is 20.6. The van der Waals surface area contributed by atoms with Crippen molar-refractivity contribution in [3.63, 3.8) is 0 Å². The number of rotatable bonds is 5. The maximum atomic E-state index is 10.8. The van der Waals surface area contributed by atoms with E-state index < -0.39 is 18.4 Å². The van der Waals surface area contributed by atoms with E-state index in [4.69, 9.17) is 5.11 Å². The van der Waals surface area contributed by atoms with Crippen LogP contribution in [-0.4, -0.2) is 36.0 Å². The van der Waals surface area contributed by atoms with Crippen molar-refractivity contribution in [1.29, 1.82) is 0 Å². The van der Waals surface area contributed by atoms with Gasteiger partial charge in [0.15, 0.2) is 0 Å². The summed E-state index contributed by atoms with van der Waals surface area (Å²) in [7, 11) is 0. The van der Waals surface area contributed by atoms with Crippen molar-refractivity contribution >= 4 is 17.8 Å². The fraction of sp³-hybridized carbons (Fsp3) is 0.727. The predicted octanol–water partition coefficient (Wildman–Crippen LogP) is 0.766. The van der Waals surface area contributed by atoms with Gasteiger partial charge in [-0.15, -0.1) is 0 Å². The molecule has 0 radical (unpaired) electrons. The van der Waals surface area contributed by atoms with Crippen molar-refractivity contribution in [2.75, 3.05) is 13.1 Å². The summed E-state index contributed by atoms with van der Waals surface area (Å²) < 4.78 is 0. The molecule has 17 heavy (non-hydrogen) atoms. The summed E-state index contributed by atoms with van der Waals surface area (Å²) in [5.74, 6) is -1.87. The third-order valence-electron chi connectivity index (χ3n) is 1.20. The van der Waals surface area contributed by atoms with Crippen molar-refractivity contribution in [3.05, 3.63) is 0 Å². The van der Waals surface area contributed by atoms with E-state index >= 15 is 0 Å². The molecule has 0 aliphatic rings. The lowest BCUT2D eigenvalue weighted by atomic mass is 10.4. The Labute approximate surface area is 103 Å². The molecule has 0 rings (SSSR count). The monoisotopic (exact) mass is 248 g/mol. The molecule has 0 atom stereocenters. The molecule has 3 N–H and O–H groups in total. The number of nitrogens with one attached hydrogen (secondary N) is 2. The summed E-state index contributed by atoms with van der Waals surface area (Å²) in [6.07, 6.45) is 0.298. The molecular weight excluding hydrogens is 224 g/mol. The van der Waals surface area contributed by atoms with Gasteiger partial charge in [0.25, 0.3) is 0 Å². The largest absolute Gasteiger partial charge is 0.480 e. The Bertz CT molecular complexity index is 218. The molecule has 0 fully saturated rings. The number of hydrogen-bond donors (Lipinski definition) is 3. The summed E-state index contributed by atoms with van der Waals surface area (Å²) >= 11 is 0. The smallest absolute Gasteiger partial charge is 0.322 e. The first-order chi connectivity index (χ1) is 8.06. The van der Waals surface area contributed by atoms with E-state index in [1.54, 1.807) is 6.92 Å². The highest BCUT2D eigenvalue weighted by atomic mass is 16.4. The predicted molar refractivity (Wildman–Crippen MR) is 66.6 cm³/mol. The summed E-state index contributed by atoms with van der Waals surface area (Å²) in [5, 5.41) is 12.6. The average molecular weight is 248 g/mol. The van der Waals surface area contributed by atoms with Crippen molar-refractivity contribution in [2.24, 2.45) is 0 Å². The van der Waals surface area contributed by atoms with Crippen LogP contribution in [0.1, 0.15) is 41.0 Å². The Morgan fingerprint density at radius 1 is 0.882 bits per heavy atom. The van der Waals surface area contributed by atoms with E-state index in [1.807, 2.05) is 27.7 Å². The minimum atomic E-state index is -1.12. The number of carbonyl (C=O) groups excluding carboxylic acids is 2. The molecule has 0 saturated heterocycles. The number of hydrogen-bond acceptors (Lipinski definition) is 3. The van der Waals surface area contributed by atoms with E-state index in [1.165, 1.54) is 0 Å².